The zero-order valence-corrected chi connectivity index (χ0v) is 24.5. The molecule has 1 saturated heterocycles. The maximum absolute atomic E-state index is 13.1. The van der Waals surface area contributed by atoms with E-state index in [1.807, 2.05) is 30.3 Å². The monoisotopic (exact) mass is 564 g/mol. The minimum atomic E-state index is -2.49. The first-order valence-electron chi connectivity index (χ1n) is 13.9. The predicted octanol–water partition coefficient (Wildman–Crippen LogP) is 5.62. The largest absolute Gasteiger partial charge is 0.482 e. The van der Waals surface area contributed by atoms with Gasteiger partial charge in [-0.1, -0.05) is 44.2 Å². The van der Waals surface area contributed by atoms with E-state index in [9.17, 15) is 9.00 Å². The Balaban J connectivity index is 1.21. The van der Waals surface area contributed by atoms with Gasteiger partial charge in [-0.2, -0.15) is 0 Å². The summed E-state index contributed by atoms with van der Waals surface area (Å²) in [6.45, 7) is 6.86. The molecule has 4 fully saturated rings. The second-order valence-corrected chi connectivity index (χ2v) is 14.7. The first-order chi connectivity index (χ1) is 19.0. The zero-order valence-electron chi connectivity index (χ0n) is 23.7. The van der Waals surface area contributed by atoms with Gasteiger partial charge in [0, 0.05) is 23.6 Å². The molecule has 6 atom stereocenters. The van der Waals surface area contributed by atoms with E-state index in [4.69, 9.17) is 18.5 Å². The Bertz CT molecular complexity index is 1560. The van der Waals surface area contributed by atoms with Gasteiger partial charge in [0.1, 0.15) is 12.2 Å². The topological polar surface area (TPSA) is 99.4 Å². The summed E-state index contributed by atoms with van der Waals surface area (Å²) >= 11 is 0. The third kappa shape index (κ3) is 4.64. The molecule has 0 spiro atoms. The Kier molecular flexibility index (Phi) is 6.79. The number of hydrogen-bond acceptors (Lipinski definition) is 7. The third-order valence-electron chi connectivity index (χ3n) is 9.66. The fraction of sp³-hybridized carbons (Fsp3) is 0.500. The predicted molar refractivity (Wildman–Crippen MR) is 154 cm³/mol. The summed E-state index contributed by atoms with van der Waals surface area (Å²) in [4.78, 5) is 13.7. The summed E-state index contributed by atoms with van der Waals surface area (Å²) in [6, 6.07) is 15.0. The van der Waals surface area contributed by atoms with Crippen LogP contribution in [0.25, 0.3) is 11.0 Å². The van der Waals surface area contributed by atoms with Crippen molar-refractivity contribution in [3.63, 3.8) is 0 Å². The van der Waals surface area contributed by atoms with Gasteiger partial charge < -0.3 is 23.8 Å². The van der Waals surface area contributed by atoms with Crippen molar-refractivity contribution in [3.8, 4) is 0 Å². The second kappa shape index (κ2) is 9.92. The number of hydrogen-bond donors (Lipinski definition) is 1. The summed E-state index contributed by atoms with van der Waals surface area (Å²) in [6.07, 6.45) is 5.32. The molecule has 0 radical (unpaired) electrons. The zero-order chi connectivity index (χ0) is 28.3. The molecule has 1 N–H and O–H groups in total. The van der Waals surface area contributed by atoms with Crippen LogP contribution in [0.5, 0.6) is 0 Å². The summed E-state index contributed by atoms with van der Waals surface area (Å²) in [5, 5.41) is 4.03. The van der Waals surface area contributed by atoms with Gasteiger partial charge in [0.05, 0.1) is 33.6 Å². The molecule has 3 aromatic rings. The lowest BCUT2D eigenvalue weighted by molar-refractivity contribution is -0.199. The van der Waals surface area contributed by atoms with E-state index in [1.165, 1.54) is 7.05 Å². The molecule has 4 aliphatic rings. The lowest BCUT2D eigenvalue weighted by Gasteiger charge is -2.64. The number of alkyl carbamates (subject to hydrolysis) is 1. The highest BCUT2D eigenvalue weighted by atomic mass is 32.2. The number of para-hydroxylation sites is 1. The van der Waals surface area contributed by atoms with Crippen molar-refractivity contribution >= 4 is 33.9 Å². The number of benzene rings is 2. The number of amides is 1. The smallest absolute Gasteiger partial charge is 0.464 e. The van der Waals surface area contributed by atoms with Crippen molar-refractivity contribution < 1.29 is 27.5 Å². The highest BCUT2D eigenvalue weighted by molar-refractivity contribution is 7.93. The molecule has 1 amide bonds. The van der Waals surface area contributed by atoms with Crippen LogP contribution in [0.2, 0.25) is 0 Å². The van der Waals surface area contributed by atoms with Crippen molar-refractivity contribution in [1.29, 1.82) is 0 Å². The van der Waals surface area contributed by atoms with Crippen LogP contribution in [0.4, 0.5) is 4.79 Å². The van der Waals surface area contributed by atoms with Crippen LogP contribution in [0.3, 0.4) is 0 Å². The van der Waals surface area contributed by atoms with Crippen molar-refractivity contribution in [2.75, 3.05) is 13.3 Å². The molecule has 1 unspecified atom stereocenters. The van der Waals surface area contributed by atoms with Gasteiger partial charge in [0.2, 0.25) is 0 Å². The summed E-state index contributed by atoms with van der Waals surface area (Å²) in [5.74, 6) is 0.545. The van der Waals surface area contributed by atoms with Crippen LogP contribution < -0.4 is 5.32 Å². The van der Waals surface area contributed by atoms with Gasteiger partial charge in [0.25, 0.3) is 0 Å². The molecule has 10 heteroatoms. The number of nitrogens with zero attached hydrogens (tertiary/aromatic N) is 1. The fourth-order valence-electron chi connectivity index (χ4n) is 7.03. The normalized spacial score (nSPS) is 28.7. The summed E-state index contributed by atoms with van der Waals surface area (Å²) in [7, 11) is -1.57. The van der Waals surface area contributed by atoms with Gasteiger partial charge in [0.15, 0.2) is 0 Å². The molecule has 3 aliphatic carbocycles. The molecule has 1 aromatic heterocycles. The molecule has 8 nitrogen and oxygen atoms in total. The van der Waals surface area contributed by atoms with Crippen molar-refractivity contribution in [3.05, 3.63) is 65.9 Å². The van der Waals surface area contributed by atoms with E-state index >= 15 is 0 Å². The van der Waals surface area contributed by atoms with E-state index in [1.54, 1.807) is 30.7 Å². The van der Waals surface area contributed by atoms with Crippen LogP contribution in [0.1, 0.15) is 44.7 Å². The number of ether oxygens (including phenoxy) is 1. The third-order valence-corrected chi connectivity index (χ3v) is 11.5. The fourth-order valence-corrected chi connectivity index (χ4v) is 7.94. The van der Waals surface area contributed by atoms with Crippen molar-refractivity contribution in [1.82, 2.24) is 5.32 Å². The molecular weight excluding hydrogens is 527 g/mol. The van der Waals surface area contributed by atoms with E-state index in [2.05, 4.69) is 30.5 Å². The van der Waals surface area contributed by atoms with Crippen LogP contribution in [0.15, 0.2) is 68.5 Å². The molecule has 212 valence electrons. The Morgan fingerprint density at radius 3 is 2.77 bits per heavy atom. The molecular formula is C30H37BN2O6S. The first-order valence-corrected chi connectivity index (χ1v) is 15.8. The van der Waals surface area contributed by atoms with E-state index in [-0.39, 0.29) is 18.1 Å². The molecule has 2 aromatic carbocycles. The Morgan fingerprint density at radius 2 is 2.00 bits per heavy atom. The minimum absolute atomic E-state index is 0.00805. The molecule has 2 bridgehead atoms. The molecule has 2 heterocycles. The van der Waals surface area contributed by atoms with Crippen molar-refractivity contribution in [2.45, 2.75) is 69.2 Å². The van der Waals surface area contributed by atoms with Crippen LogP contribution >= 0.6 is 0 Å². The maximum atomic E-state index is 13.1. The average Bonchev–Trinajstić information content (AvgIpc) is 3.52. The number of furan rings is 1. The Morgan fingerprint density at radius 1 is 1.20 bits per heavy atom. The second-order valence-electron chi connectivity index (χ2n) is 12.3. The van der Waals surface area contributed by atoms with Crippen LogP contribution in [-0.4, -0.2) is 48.4 Å². The first kappa shape index (κ1) is 27.4. The van der Waals surface area contributed by atoms with Crippen molar-refractivity contribution in [2.24, 2.45) is 21.6 Å². The number of rotatable bonds is 7. The highest BCUT2D eigenvalue weighted by Crippen LogP contribution is 2.65. The number of nitrogens with one attached hydrogen (secondary N) is 1. The Hall–Kier alpha value is -2.82. The minimum Gasteiger partial charge on any atom is -0.464 e. The number of carbonyl (C=O) groups is 1. The maximum Gasteiger partial charge on any atom is 0.482 e. The summed E-state index contributed by atoms with van der Waals surface area (Å²) < 4.78 is 41.3. The molecule has 7 rings (SSSR count). The lowest BCUT2D eigenvalue weighted by atomic mass is 9.43. The average molecular weight is 565 g/mol. The molecule has 3 saturated carbocycles. The van der Waals surface area contributed by atoms with Gasteiger partial charge >= 0.3 is 13.2 Å². The highest BCUT2D eigenvalue weighted by Gasteiger charge is 2.68. The van der Waals surface area contributed by atoms with Crippen LogP contribution in [0, 0.1) is 17.3 Å². The van der Waals surface area contributed by atoms with E-state index in [0.717, 1.165) is 34.9 Å². The Labute approximate surface area is 236 Å². The lowest BCUT2D eigenvalue weighted by Crippen LogP contribution is -2.65. The summed E-state index contributed by atoms with van der Waals surface area (Å²) in [5.41, 5.74) is 2.31. The van der Waals surface area contributed by atoms with Crippen LogP contribution in [-0.2, 0) is 36.8 Å². The van der Waals surface area contributed by atoms with Gasteiger partial charge in [-0.3, -0.25) is 0 Å². The van der Waals surface area contributed by atoms with E-state index in [0.29, 0.717) is 23.2 Å². The standard InChI is InChI=1S/C30H37BN2O6S/c1-29(2)21-15-25(29)30(3)26(16-21)38-31(39-30)27(14-20-18-36-24-12-7-6-11-23(20)24)33-28(34)37-17-19-9-8-10-22(13-19)40(5,35)32-4/h6-13,18,21,25-27H,14-17H2,1-5H3,(H,33,34)/t21-,25-,26+,27-,30-,40?/m0/s1. The van der Waals surface area contributed by atoms with E-state index < -0.39 is 34.5 Å². The molecule has 1 aliphatic heterocycles. The van der Waals surface area contributed by atoms with Gasteiger partial charge in [-0.15, -0.1) is 0 Å². The van der Waals surface area contributed by atoms with Gasteiger partial charge in [-0.25, -0.2) is 13.4 Å². The van der Waals surface area contributed by atoms with Gasteiger partial charge in [-0.05, 0) is 72.8 Å². The number of fused-ring (bicyclic) bond motifs is 1. The molecule has 40 heavy (non-hydrogen) atoms. The quantitative estimate of drug-likeness (QED) is 0.374. The SMILES string of the molecule is CN=S(C)(=O)c1cccc(COC(=O)N[C@@H](Cc2coc3ccccc23)B2O[C@@H]3C[C@@H]4C[C@@H](C4(C)C)[C@]3(C)O2)c1. The number of carbonyl (C=O) groups excluding carboxylic acids is 1.